The molecular weight excluding hydrogens is 386 g/mol. The van der Waals surface area contributed by atoms with E-state index in [4.69, 9.17) is 9.47 Å². The summed E-state index contributed by atoms with van der Waals surface area (Å²) in [6, 6.07) is 12.0. The lowest BCUT2D eigenvalue weighted by Crippen LogP contribution is -2.39. The molecule has 158 valence electrons. The van der Waals surface area contributed by atoms with Gasteiger partial charge in [0.2, 0.25) is 12.7 Å². The molecule has 2 aromatic rings. The van der Waals surface area contributed by atoms with Crippen molar-refractivity contribution >= 4 is 17.7 Å². The van der Waals surface area contributed by atoms with Crippen LogP contribution in [0.1, 0.15) is 33.2 Å². The first-order chi connectivity index (χ1) is 14.4. The fraction of sp³-hybridized carbons (Fsp3) is 0.318. The van der Waals surface area contributed by atoms with Gasteiger partial charge in [0.25, 0.3) is 11.8 Å². The van der Waals surface area contributed by atoms with E-state index in [1.54, 1.807) is 49.3 Å². The van der Waals surface area contributed by atoms with Gasteiger partial charge in [0, 0.05) is 38.3 Å². The van der Waals surface area contributed by atoms with Gasteiger partial charge < -0.3 is 24.6 Å². The molecular formula is C22H25N3O5. The molecule has 1 aliphatic heterocycles. The molecule has 0 bridgehead atoms. The summed E-state index contributed by atoms with van der Waals surface area (Å²) in [6.07, 6.45) is 0. The molecule has 8 nitrogen and oxygen atoms in total. The Labute approximate surface area is 175 Å². The minimum atomic E-state index is -0.357. The molecule has 0 fully saturated rings. The zero-order chi connectivity index (χ0) is 21.7. The molecule has 0 saturated heterocycles. The number of likely N-dealkylation sites (N-methyl/N-ethyl adjacent to an activating group) is 1. The van der Waals surface area contributed by atoms with Gasteiger partial charge in [-0.2, -0.15) is 0 Å². The van der Waals surface area contributed by atoms with Crippen LogP contribution in [0.25, 0.3) is 0 Å². The van der Waals surface area contributed by atoms with Crippen molar-refractivity contribution in [3.63, 3.8) is 0 Å². The van der Waals surface area contributed by atoms with Gasteiger partial charge in [-0.25, -0.2) is 0 Å². The average molecular weight is 411 g/mol. The second-order valence-corrected chi connectivity index (χ2v) is 7.06. The Kier molecular flexibility index (Phi) is 6.56. The number of nitrogens with one attached hydrogen (secondary N) is 1. The van der Waals surface area contributed by atoms with Crippen molar-refractivity contribution in [3.05, 3.63) is 59.2 Å². The Hall–Kier alpha value is -3.55. The van der Waals surface area contributed by atoms with E-state index in [1.165, 1.54) is 4.90 Å². The Morgan fingerprint density at radius 2 is 1.63 bits per heavy atom. The molecule has 0 aromatic heterocycles. The number of carbonyl (C=O) groups is 3. The van der Waals surface area contributed by atoms with Gasteiger partial charge in [0.1, 0.15) is 0 Å². The standard InChI is InChI=1S/C22H25N3O5/c1-4-25(13-15-5-7-16(8-6-15)22(28)24(2)3)20(26)12-23-21(27)17-9-10-18-19(11-17)30-14-29-18/h5-11H,4,12-14H2,1-3H3,(H,23,27). The highest BCUT2D eigenvalue weighted by molar-refractivity contribution is 5.97. The number of hydrogen-bond donors (Lipinski definition) is 1. The first kappa shape index (κ1) is 21.2. The third-order valence-electron chi connectivity index (χ3n) is 4.75. The maximum absolute atomic E-state index is 12.6. The molecule has 0 atom stereocenters. The molecule has 1 aliphatic rings. The van der Waals surface area contributed by atoms with Gasteiger partial charge in [-0.1, -0.05) is 12.1 Å². The SMILES string of the molecule is CCN(Cc1ccc(C(=O)N(C)C)cc1)C(=O)CNC(=O)c1ccc2c(c1)OCO2. The van der Waals surface area contributed by atoms with Crippen LogP contribution >= 0.6 is 0 Å². The summed E-state index contributed by atoms with van der Waals surface area (Å²) in [5.74, 6) is 0.485. The van der Waals surface area contributed by atoms with E-state index in [0.717, 1.165) is 5.56 Å². The van der Waals surface area contributed by atoms with Crippen LogP contribution < -0.4 is 14.8 Å². The Morgan fingerprint density at radius 3 is 2.30 bits per heavy atom. The highest BCUT2D eigenvalue weighted by Crippen LogP contribution is 2.32. The summed E-state index contributed by atoms with van der Waals surface area (Å²) in [5.41, 5.74) is 1.90. The number of carbonyl (C=O) groups excluding carboxylic acids is 3. The molecule has 1 N–H and O–H groups in total. The molecule has 0 aliphatic carbocycles. The van der Waals surface area contributed by atoms with Crippen LogP contribution in [0.2, 0.25) is 0 Å². The molecule has 3 rings (SSSR count). The van der Waals surface area contributed by atoms with Crippen LogP contribution in [-0.4, -0.2) is 61.5 Å². The number of ether oxygens (including phenoxy) is 2. The maximum atomic E-state index is 12.6. The first-order valence-electron chi connectivity index (χ1n) is 9.65. The van der Waals surface area contributed by atoms with Gasteiger partial charge in [-0.3, -0.25) is 14.4 Å². The van der Waals surface area contributed by atoms with E-state index in [9.17, 15) is 14.4 Å². The summed E-state index contributed by atoms with van der Waals surface area (Å²) in [4.78, 5) is 40.1. The van der Waals surface area contributed by atoms with E-state index in [0.29, 0.717) is 35.7 Å². The van der Waals surface area contributed by atoms with Gasteiger partial charge in [-0.15, -0.1) is 0 Å². The predicted molar refractivity (Wildman–Crippen MR) is 110 cm³/mol. The maximum Gasteiger partial charge on any atom is 0.253 e. The van der Waals surface area contributed by atoms with Crippen LogP contribution in [0, 0.1) is 0 Å². The molecule has 0 radical (unpaired) electrons. The monoisotopic (exact) mass is 411 g/mol. The van der Waals surface area contributed by atoms with Gasteiger partial charge >= 0.3 is 0 Å². The fourth-order valence-corrected chi connectivity index (χ4v) is 3.02. The van der Waals surface area contributed by atoms with Gasteiger partial charge in [0.15, 0.2) is 11.5 Å². The average Bonchev–Trinajstić information content (AvgIpc) is 3.23. The lowest BCUT2D eigenvalue weighted by Gasteiger charge is -2.21. The quantitative estimate of drug-likeness (QED) is 0.752. The van der Waals surface area contributed by atoms with Crippen molar-refractivity contribution in [2.75, 3.05) is 34.0 Å². The molecule has 8 heteroatoms. The lowest BCUT2D eigenvalue weighted by molar-refractivity contribution is -0.130. The lowest BCUT2D eigenvalue weighted by atomic mass is 10.1. The van der Waals surface area contributed by atoms with Crippen LogP contribution in [-0.2, 0) is 11.3 Å². The van der Waals surface area contributed by atoms with Crippen LogP contribution in [0.5, 0.6) is 11.5 Å². The van der Waals surface area contributed by atoms with Crippen molar-refractivity contribution in [1.29, 1.82) is 0 Å². The highest BCUT2D eigenvalue weighted by atomic mass is 16.7. The van der Waals surface area contributed by atoms with E-state index in [2.05, 4.69) is 5.32 Å². The van der Waals surface area contributed by atoms with E-state index >= 15 is 0 Å². The van der Waals surface area contributed by atoms with E-state index in [1.807, 2.05) is 19.1 Å². The Morgan fingerprint density at radius 1 is 0.967 bits per heavy atom. The van der Waals surface area contributed by atoms with Crippen LogP contribution in [0.4, 0.5) is 0 Å². The third-order valence-corrected chi connectivity index (χ3v) is 4.75. The second kappa shape index (κ2) is 9.30. The number of hydrogen-bond acceptors (Lipinski definition) is 5. The molecule has 0 spiro atoms. The van der Waals surface area contributed by atoms with Gasteiger partial charge in [-0.05, 0) is 42.8 Å². The number of nitrogens with zero attached hydrogens (tertiary/aromatic N) is 2. The molecule has 0 saturated carbocycles. The van der Waals surface area contributed by atoms with Crippen LogP contribution in [0.3, 0.4) is 0 Å². The second-order valence-electron chi connectivity index (χ2n) is 7.06. The van der Waals surface area contributed by atoms with E-state index in [-0.39, 0.29) is 31.1 Å². The van der Waals surface area contributed by atoms with Gasteiger partial charge in [0.05, 0.1) is 6.54 Å². The summed E-state index contributed by atoms with van der Waals surface area (Å²) in [7, 11) is 3.40. The third kappa shape index (κ3) is 4.89. The molecule has 1 heterocycles. The normalized spacial score (nSPS) is 11.7. The molecule has 2 aromatic carbocycles. The highest BCUT2D eigenvalue weighted by Gasteiger charge is 2.18. The van der Waals surface area contributed by atoms with Crippen molar-refractivity contribution in [2.24, 2.45) is 0 Å². The zero-order valence-electron chi connectivity index (χ0n) is 17.3. The summed E-state index contributed by atoms with van der Waals surface area (Å²) >= 11 is 0. The van der Waals surface area contributed by atoms with Crippen molar-refractivity contribution in [3.8, 4) is 11.5 Å². The smallest absolute Gasteiger partial charge is 0.253 e. The number of amides is 3. The number of benzene rings is 2. The molecule has 3 amide bonds. The molecule has 0 unspecified atom stereocenters. The van der Waals surface area contributed by atoms with Crippen molar-refractivity contribution in [2.45, 2.75) is 13.5 Å². The summed E-state index contributed by atoms with van der Waals surface area (Å²) < 4.78 is 10.5. The molecule has 30 heavy (non-hydrogen) atoms. The minimum Gasteiger partial charge on any atom is -0.454 e. The van der Waals surface area contributed by atoms with Crippen molar-refractivity contribution < 1.29 is 23.9 Å². The summed E-state index contributed by atoms with van der Waals surface area (Å²) in [6.45, 7) is 2.79. The van der Waals surface area contributed by atoms with Crippen molar-refractivity contribution in [1.82, 2.24) is 15.1 Å². The van der Waals surface area contributed by atoms with Crippen LogP contribution in [0.15, 0.2) is 42.5 Å². The zero-order valence-corrected chi connectivity index (χ0v) is 17.3. The largest absolute Gasteiger partial charge is 0.454 e. The number of rotatable bonds is 7. The summed E-state index contributed by atoms with van der Waals surface area (Å²) in [5, 5.41) is 2.65. The fourth-order valence-electron chi connectivity index (χ4n) is 3.02. The minimum absolute atomic E-state index is 0.0730. The Bertz CT molecular complexity index is 940. The topological polar surface area (TPSA) is 88.2 Å². The predicted octanol–water partition coefficient (Wildman–Crippen LogP) is 1.90. The first-order valence-corrected chi connectivity index (χ1v) is 9.65. The number of fused-ring (bicyclic) bond motifs is 1. The Balaban J connectivity index is 1.55. The van der Waals surface area contributed by atoms with E-state index < -0.39 is 0 Å².